The molecule has 2 aliphatic heterocycles. The third-order valence-corrected chi connectivity index (χ3v) is 9.91. The van der Waals surface area contributed by atoms with Gasteiger partial charge in [0.2, 0.25) is 5.91 Å². The molecule has 2 saturated heterocycles. The van der Waals surface area contributed by atoms with Crippen molar-refractivity contribution in [2.75, 3.05) is 46.8 Å². The van der Waals surface area contributed by atoms with Gasteiger partial charge < -0.3 is 15.5 Å². The average molecular weight is 566 g/mol. The van der Waals surface area contributed by atoms with E-state index in [0.29, 0.717) is 28.4 Å². The Hall–Kier alpha value is -1.18. The Kier molecular flexibility index (Phi) is 10.9. The van der Waals surface area contributed by atoms with Crippen molar-refractivity contribution in [3.63, 3.8) is 0 Å². The average Bonchev–Trinajstić information content (AvgIpc) is 3.47. The van der Waals surface area contributed by atoms with Crippen LogP contribution in [0.15, 0.2) is 18.2 Å². The van der Waals surface area contributed by atoms with Gasteiger partial charge in [-0.3, -0.25) is 14.5 Å². The van der Waals surface area contributed by atoms with Crippen LogP contribution in [0.25, 0.3) is 0 Å². The summed E-state index contributed by atoms with van der Waals surface area (Å²) in [4.78, 5) is 30.7. The second kappa shape index (κ2) is 13.9. The molecule has 0 aromatic heterocycles. The normalized spacial score (nSPS) is 23.3. The Balaban J connectivity index is 1.47. The Morgan fingerprint density at radius 1 is 1.08 bits per heavy atom. The van der Waals surface area contributed by atoms with Crippen molar-refractivity contribution in [2.45, 2.75) is 88.1 Å². The maximum Gasteiger partial charge on any atom is 0.242 e. The van der Waals surface area contributed by atoms with Gasteiger partial charge in [-0.2, -0.15) is 0 Å². The van der Waals surface area contributed by atoms with E-state index < -0.39 is 5.54 Å². The zero-order chi connectivity index (χ0) is 27.1. The molecule has 3 fully saturated rings. The number of piperidine rings is 2. The molecule has 1 aliphatic carbocycles. The number of likely N-dealkylation sites (tertiary alicyclic amines) is 1. The van der Waals surface area contributed by atoms with Gasteiger partial charge in [0.25, 0.3) is 0 Å². The van der Waals surface area contributed by atoms with Crippen LogP contribution in [0.4, 0.5) is 0 Å². The van der Waals surface area contributed by atoms with E-state index in [1.165, 1.54) is 19.3 Å². The molecule has 0 spiro atoms. The summed E-state index contributed by atoms with van der Waals surface area (Å²) in [5.74, 6) is 1.05. The van der Waals surface area contributed by atoms with Gasteiger partial charge in [-0.05, 0) is 94.6 Å². The Bertz CT molecular complexity index is 944. The minimum atomic E-state index is -0.412. The van der Waals surface area contributed by atoms with E-state index in [-0.39, 0.29) is 17.7 Å². The number of amides is 1. The van der Waals surface area contributed by atoms with Gasteiger partial charge in [0.15, 0.2) is 0 Å². The summed E-state index contributed by atoms with van der Waals surface area (Å²) in [6.45, 7) is 3.91. The fourth-order valence-electron chi connectivity index (χ4n) is 7.05. The van der Waals surface area contributed by atoms with Crippen LogP contribution in [0, 0.1) is 5.92 Å². The smallest absolute Gasteiger partial charge is 0.242 e. The van der Waals surface area contributed by atoms with Crippen LogP contribution in [-0.2, 0) is 9.59 Å². The van der Waals surface area contributed by atoms with Crippen LogP contribution in [0.3, 0.4) is 0 Å². The van der Waals surface area contributed by atoms with Gasteiger partial charge in [-0.25, -0.2) is 0 Å². The van der Waals surface area contributed by atoms with Crippen molar-refractivity contribution in [2.24, 2.45) is 5.92 Å². The maximum atomic E-state index is 13.6. The first kappa shape index (κ1) is 29.8. The van der Waals surface area contributed by atoms with Gasteiger partial charge in [0.05, 0.1) is 16.6 Å². The van der Waals surface area contributed by atoms with Gasteiger partial charge in [-0.1, -0.05) is 48.5 Å². The van der Waals surface area contributed by atoms with Crippen molar-refractivity contribution in [1.82, 2.24) is 20.4 Å². The van der Waals surface area contributed by atoms with Crippen LogP contribution in [0.2, 0.25) is 10.0 Å². The number of hydrogen-bond donors (Lipinski definition) is 2. The quantitative estimate of drug-likeness (QED) is 0.383. The van der Waals surface area contributed by atoms with E-state index in [9.17, 15) is 9.59 Å². The van der Waals surface area contributed by atoms with Crippen LogP contribution < -0.4 is 10.6 Å². The summed E-state index contributed by atoms with van der Waals surface area (Å²) in [5.41, 5.74) is 0.744. The molecule has 2 atom stereocenters. The highest BCUT2D eigenvalue weighted by atomic mass is 35.5. The van der Waals surface area contributed by atoms with Crippen LogP contribution in [-0.4, -0.2) is 79.9 Å². The van der Waals surface area contributed by atoms with Crippen molar-refractivity contribution < 1.29 is 9.59 Å². The predicted octanol–water partition coefficient (Wildman–Crippen LogP) is 5.27. The lowest BCUT2D eigenvalue weighted by Gasteiger charge is -2.51. The Labute approximate surface area is 239 Å². The third-order valence-electron chi connectivity index (χ3n) is 9.18. The molecule has 2 heterocycles. The summed E-state index contributed by atoms with van der Waals surface area (Å²) < 4.78 is 0. The molecule has 3 aliphatic rings. The standard InChI is InChI=1S/C30H46Cl2N4O2/c1-35(2)29(38)30(14-16-33-17-15-30)36-18-6-5-9-25(36)12-10-24(23-11-13-26(31)27(32)19-23)20-34-21-28(37)22-7-3-4-8-22/h11,13,19,22,24-25,33-34H,3-10,12,14-18,20-21H2,1-2H3. The first-order valence-corrected chi connectivity index (χ1v) is 15.4. The molecule has 38 heavy (non-hydrogen) atoms. The number of nitrogens with zero attached hydrogens (tertiary/aromatic N) is 2. The second-order valence-corrected chi connectivity index (χ2v) is 12.7. The monoisotopic (exact) mass is 564 g/mol. The fourth-order valence-corrected chi connectivity index (χ4v) is 7.36. The first-order valence-electron chi connectivity index (χ1n) is 14.7. The summed E-state index contributed by atoms with van der Waals surface area (Å²) >= 11 is 12.7. The molecule has 1 amide bonds. The van der Waals surface area contributed by atoms with E-state index >= 15 is 0 Å². The summed E-state index contributed by atoms with van der Waals surface area (Å²) in [5, 5.41) is 8.09. The van der Waals surface area contributed by atoms with Crippen molar-refractivity contribution in [3.05, 3.63) is 33.8 Å². The number of benzene rings is 1. The summed E-state index contributed by atoms with van der Waals surface area (Å²) in [6, 6.07) is 6.30. The highest BCUT2D eigenvalue weighted by Gasteiger charge is 2.48. The molecule has 212 valence electrons. The number of Topliss-reactive ketones (excluding diaryl/α,β-unsaturated/α-hetero) is 1. The highest BCUT2D eigenvalue weighted by Crippen LogP contribution is 2.37. The number of nitrogens with one attached hydrogen (secondary N) is 2. The lowest BCUT2D eigenvalue weighted by Crippen LogP contribution is -2.66. The molecule has 4 rings (SSSR count). The Morgan fingerprint density at radius 2 is 1.79 bits per heavy atom. The highest BCUT2D eigenvalue weighted by molar-refractivity contribution is 6.42. The number of carbonyl (C=O) groups excluding carboxylic acids is 2. The SMILES string of the molecule is CN(C)C(=O)C1(N2CCCCC2CCC(CNCC(=O)C2CCCC2)c2ccc(Cl)c(Cl)c2)CCNCC1. The second-order valence-electron chi connectivity index (χ2n) is 11.9. The summed E-state index contributed by atoms with van der Waals surface area (Å²) in [6.07, 6.45) is 11.6. The largest absolute Gasteiger partial charge is 0.347 e. The Morgan fingerprint density at radius 3 is 2.47 bits per heavy atom. The lowest BCUT2D eigenvalue weighted by atomic mass is 9.80. The fraction of sp³-hybridized carbons (Fsp3) is 0.733. The minimum absolute atomic E-state index is 0.221. The number of ketones is 1. The molecule has 2 unspecified atom stereocenters. The molecule has 6 nitrogen and oxygen atoms in total. The van der Waals surface area contributed by atoms with Gasteiger partial charge >= 0.3 is 0 Å². The van der Waals surface area contributed by atoms with Gasteiger partial charge in [-0.15, -0.1) is 0 Å². The first-order chi connectivity index (χ1) is 18.3. The number of carbonyl (C=O) groups is 2. The van der Waals surface area contributed by atoms with E-state index in [1.54, 1.807) is 4.90 Å². The zero-order valence-electron chi connectivity index (χ0n) is 23.2. The van der Waals surface area contributed by atoms with E-state index in [1.807, 2.05) is 26.2 Å². The van der Waals surface area contributed by atoms with Crippen molar-refractivity contribution in [3.8, 4) is 0 Å². The zero-order valence-corrected chi connectivity index (χ0v) is 24.8. The third kappa shape index (κ3) is 7.11. The molecule has 1 aromatic carbocycles. The number of likely N-dealkylation sites (N-methyl/N-ethyl adjacent to an activating group) is 1. The summed E-state index contributed by atoms with van der Waals surface area (Å²) in [7, 11) is 3.79. The molecular weight excluding hydrogens is 519 g/mol. The van der Waals surface area contributed by atoms with E-state index in [0.717, 1.165) is 83.1 Å². The number of halogens is 2. The topological polar surface area (TPSA) is 64.7 Å². The van der Waals surface area contributed by atoms with Crippen LogP contribution >= 0.6 is 23.2 Å². The molecular formula is C30H46Cl2N4O2. The van der Waals surface area contributed by atoms with Gasteiger partial charge in [0.1, 0.15) is 11.3 Å². The predicted molar refractivity (Wildman–Crippen MR) is 156 cm³/mol. The van der Waals surface area contributed by atoms with E-state index in [4.69, 9.17) is 23.2 Å². The molecule has 2 N–H and O–H groups in total. The molecule has 1 saturated carbocycles. The number of hydrogen-bond acceptors (Lipinski definition) is 5. The van der Waals surface area contributed by atoms with Crippen molar-refractivity contribution in [1.29, 1.82) is 0 Å². The van der Waals surface area contributed by atoms with Crippen LogP contribution in [0.1, 0.15) is 82.1 Å². The molecule has 0 radical (unpaired) electrons. The maximum absolute atomic E-state index is 13.6. The molecule has 8 heteroatoms. The van der Waals surface area contributed by atoms with Gasteiger partial charge in [0, 0.05) is 32.6 Å². The molecule has 1 aromatic rings. The van der Waals surface area contributed by atoms with E-state index in [2.05, 4.69) is 21.6 Å². The molecule has 0 bridgehead atoms. The minimum Gasteiger partial charge on any atom is -0.347 e. The van der Waals surface area contributed by atoms with Crippen LogP contribution in [0.5, 0.6) is 0 Å². The van der Waals surface area contributed by atoms with Crippen molar-refractivity contribution >= 4 is 34.9 Å². The number of rotatable bonds is 11. The lowest BCUT2D eigenvalue weighted by molar-refractivity contribution is -0.148.